The van der Waals surface area contributed by atoms with E-state index in [2.05, 4.69) is 91.8 Å². The Bertz CT molecular complexity index is 1020. The predicted octanol–water partition coefficient (Wildman–Crippen LogP) is 9.27. The minimum atomic E-state index is -0.328. The minimum absolute atomic E-state index is 0.00760. The van der Waals surface area contributed by atoms with Crippen LogP contribution in [0.25, 0.3) is 0 Å². The maximum Gasteiger partial charge on any atom is 0.269 e. The predicted molar refractivity (Wildman–Crippen MR) is 143 cm³/mol. The lowest BCUT2D eigenvalue weighted by molar-refractivity contribution is -0.384. The molecule has 0 radical (unpaired) electrons. The van der Waals surface area contributed by atoms with Crippen molar-refractivity contribution in [1.29, 1.82) is 0 Å². The lowest BCUT2D eigenvalue weighted by atomic mass is 9.79. The quantitative estimate of drug-likeness (QED) is 0.192. The Morgan fingerprint density at radius 2 is 0.794 bits per heavy atom. The number of nitro benzene ring substituents is 1. The van der Waals surface area contributed by atoms with Crippen LogP contribution in [0.5, 0.6) is 0 Å². The van der Waals surface area contributed by atoms with Gasteiger partial charge in [-0.1, -0.05) is 104 Å². The third kappa shape index (κ3) is 5.75. The maximum absolute atomic E-state index is 11.3. The second-order valence-electron chi connectivity index (χ2n) is 10.8. The van der Waals surface area contributed by atoms with E-state index in [1.165, 1.54) is 33.4 Å². The number of hydrogen-bond acceptors (Lipinski definition) is 2. The van der Waals surface area contributed by atoms with Gasteiger partial charge in [0.1, 0.15) is 0 Å². The third-order valence-corrected chi connectivity index (χ3v) is 6.77. The van der Waals surface area contributed by atoms with E-state index >= 15 is 0 Å². The van der Waals surface area contributed by atoms with Crippen molar-refractivity contribution >= 4 is 5.69 Å². The van der Waals surface area contributed by atoms with Gasteiger partial charge in [-0.15, -0.1) is 0 Å². The summed E-state index contributed by atoms with van der Waals surface area (Å²) in [5.41, 5.74) is 9.03. The summed E-state index contributed by atoms with van der Waals surface area (Å²) in [6.45, 7) is 17.9. The van der Waals surface area contributed by atoms with Crippen molar-refractivity contribution in [1.82, 2.24) is 0 Å². The Hall–Kier alpha value is -2.94. The number of non-ortho nitro benzene ring substituents is 1. The molecule has 0 aromatic heterocycles. The average molecular weight is 458 g/mol. The van der Waals surface area contributed by atoms with Crippen LogP contribution in [0.4, 0.5) is 5.69 Å². The second kappa shape index (κ2) is 10.5. The molecule has 180 valence electrons. The first-order valence-corrected chi connectivity index (χ1v) is 12.5. The summed E-state index contributed by atoms with van der Waals surface area (Å²) in [4.78, 5) is 11.0. The molecule has 3 rings (SSSR count). The molecule has 0 amide bonds. The van der Waals surface area contributed by atoms with Crippen molar-refractivity contribution in [2.45, 2.75) is 85.0 Å². The molecule has 0 atom stereocenters. The normalized spacial score (nSPS) is 11.9. The zero-order valence-corrected chi connectivity index (χ0v) is 21.9. The molecule has 0 aliphatic rings. The zero-order chi connectivity index (χ0) is 25.2. The summed E-state index contributed by atoms with van der Waals surface area (Å²) < 4.78 is 0. The fourth-order valence-corrected chi connectivity index (χ4v) is 4.44. The fraction of sp³-hybridized carbons (Fsp3) is 0.419. The Morgan fingerprint density at radius 1 is 0.500 bits per heavy atom. The highest BCUT2D eigenvalue weighted by Crippen LogP contribution is 2.38. The van der Waals surface area contributed by atoms with E-state index in [0.717, 1.165) is 5.56 Å². The van der Waals surface area contributed by atoms with Gasteiger partial charge in [-0.05, 0) is 62.6 Å². The van der Waals surface area contributed by atoms with E-state index in [1.807, 2.05) is 12.1 Å². The Morgan fingerprint density at radius 3 is 1.06 bits per heavy atom. The summed E-state index contributed by atoms with van der Waals surface area (Å²) >= 11 is 0. The average Bonchev–Trinajstić information content (AvgIpc) is 2.79. The highest BCUT2D eigenvalue weighted by molar-refractivity contribution is 5.50. The van der Waals surface area contributed by atoms with E-state index in [1.54, 1.807) is 12.1 Å². The number of benzene rings is 3. The lowest BCUT2D eigenvalue weighted by Crippen LogP contribution is -2.08. The molecule has 0 unspecified atom stereocenters. The van der Waals surface area contributed by atoms with Gasteiger partial charge in [-0.3, -0.25) is 10.1 Å². The molecule has 0 saturated heterocycles. The van der Waals surface area contributed by atoms with E-state index in [9.17, 15) is 10.1 Å². The summed E-state index contributed by atoms with van der Waals surface area (Å²) in [6, 6.07) is 21.1. The van der Waals surface area contributed by atoms with Crippen molar-refractivity contribution in [3.63, 3.8) is 0 Å². The molecule has 0 aliphatic heterocycles. The highest BCUT2D eigenvalue weighted by atomic mass is 16.6. The maximum atomic E-state index is 11.3. The summed E-state index contributed by atoms with van der Waals surface area (Å²) in [7, 11) is 0. The summed E-state index contributed by atoms with van der Waals surface area (Å²) in [6.07, 6.45) is 0. The third-order valence-electron chi connectivity index (χ3n) is 6.77. The first-order valence-electron chi connectivity index (χ1n) is 12.5. The fourth-order valence-electron chi connectivity index (χ4n) is 4.44. The van der Waals surface area contributed by atoms with Crippen molar-refractivity contribution in [2.24, 2.45) is 0 Å². The van der Waals surface area contributed by atoms with Crippen LogP contribution < -0.4 is 0 Å². The number of nitrogens with zero attached hydrogens (tertiary/aromatic N) is 1. The van der Waals surface area contributed by atoms with Crippen molar-refractivity contribution in [3.8, 4) is 0 Å². The first-order chi connectivity index (χ1) is 16.0. The van der Waals surface area contributed by atoms with Gasteiger partial charge in [-0.2, -0.15) is 0 Å². The van der Waals surface area contributed by atoms with Gasteiger partial charge in [0.25, 0.3) is 5.69 Å². The Balaban J connectivity index is 2.32. The van der Waals surface area contributed by atoms with Gasteiger partial charge < -0.3 is 0 Å². The largest absolute Gasteiger partial charge is 0.269 e. The monoisotopic (exact) mass is 457 g/mol. The van der Waals surface area contributed by atoms with E-state index in [4.69, 9.17) is 0 Å². The van der Waals surface area contributed by atoms with Crippen LogP contribution in [-0.4, -0.2) is 4.92 Å². The van der Waals surface area contributed by atoms with Crippen molar-refractivity contribution < 1.29 is 4.92 Å². The van der Waals surface area contributed by atoms with Crippen molar-refractivity contribution in [2.75, 3.05) is 0 Å². The van der Waals surface area contributed by atoms with Gasteiger partial charge >= 0.3 is 0 Å². The molecular formula is C31H39NO2. The number of rotatable bonds is 8. The molecule has 3 aromatic carbocycles. The van der Waals surface area contributed by atoms with Crippen LogP contribution in [0.3, 0.4) is 0 Å². The molecule has 0 bridgehead atoms. The smallest absolute Gasteiger partial charge is 0.258 e. The van der Waals surface area contributed by atoms with Gasteiger partial charge in [0.2, 0.25) is 0 Å². The molecule has 0 heterocycles. The molecule has 0 saturated carbocycles. The van der Waals surface area contributed by atoms with Gasteiger partial charge in [0.15, 0.2) is 0 Å². The first kappa shape index (κ1) is 25.7. The molecule has 3 heteroatoms. The van der Waals surface area contributed by atoms with Gasteiger partial charge in [-0.25, -0.2) is 0 Å². The van der Waals surface area contributed by atoms with Crippen LogP contribution in [0, 0.1) is 10.1 Å². The lowest BCUT2D eigenvalue weighted by Gasteiger charge is -2.25. The Kier molecular flexibility index (Phi) is 7.97. The molecule has 3 aromatic rings. The molecule has 0 fully saturated rings. The second-order valence-corrected chi connectivity index (χ2v) is 10.8. The van der Waals surface area contributed by atoms with E-state index in [0.29, 0.717) is 23.7 Å². The summed E-state index contributed by atoms with van der Waals surface area (Å²) in [5, 5.41) is 11.3. The van der Waals surface area contributed by atoms with E-state index < -0.39 is 0 Å². The number of hydrogen-bond donors (Lipinski definition) is 0. The minimum Gasteiger partial charge on any atom is -0.258 e. The number of nitro groups is 1. The summed E-state index contributed by atoms with van der Waals surface area (Å²) in [5.74, 6) is 1.69. The SMILES string of the molecule is CC(C)c1cc(C(C)C)cc(C(c2ccc([N+](=O)[O-])cc2)c2cc(C(C)C)cc(C(C)C)c2)c1. The Labute approximate surface area is 205 Å². The van der Waals surface area contributed by atoms with Crippen LogP contribution in [0.2, 0.25) is 0 Å². The molecule has 0 spiro atoms. The molecule has 0 aliphatic carbocycles. The van der Waals surface area contributed by atoms with Crippen LogP contribution in [-0.2, 0) is 0 Å². The van der Waals surface area contributed by atoms with Gasteiger partial charge in [0, 0.05) is 18.1 Å². The molecular weight excluding hydrogens is 418 g/mol. The highest BCUT2D eigenvalue weighted by Gasteiger charge is 2.22. The molecule has 3 nitrogen and oxygen atoms in total. The molecule has 34 heavy (non-hydrogen) atoms. The zero-order valence-electron chi connectivity index (χ0n) is 21.9. The molecule has 0 N–H and O–H groups in total. The van der Waals surface area contributed by atoms with Crippen LogP contribution in [0.15, 0.2) is 60.7 Å². The standard InChI is InChI=1S/C31H39NO2/c1-19(2)24-13-25(20(3)4)16-28(15-24)31(23-9-11-30(12-10-23)32(33)34)29-17-26(21(5)6)14-27(18-29)22(7)8/h9-22,31H,1-8H3. The topological polar surface area (TPSA) is 43.1 Å². The van der Waals surface area contributed by atoms with Crippen LogP contribution >= 0.6 is 0 Å². The van der Waals surface area contributed by atoms with Crippen molar-refractivity contribution in [3.05, 3.63) is 110 Å². The van der Waals surface area contributed by atoms with Crippen LogP contribution in [0.1, 0.15) is 124 Å². The van der Waals surface area contributed by atoms with E-state index in [-0.39, 0.29) is 16.5 Å². The van der Waals surface area contributed by atoms with Gasteiger partial charge in [0.05, 0.1) is 4.92 Å².